The van der Waals surface area contributed by atoms with Crippen molar-refractivity contribution in [1.82, 2.24) is 25.2 Å². The molecule has 2 aliphatic heterocycles. The van der Waals surface area contributed by atoms with E-state index in [1.165, 1.54) is 0 Å². The van der Waals surface area contributed by atoms with Gasteiger partial charge in [0.05, 0.1) is 17.3 Å². The number of likely N-dealkylation sites (tertiary alicyclic amines) is 2. The monoisotopic (exact) mass is 405 g/mol. The standard InChI is InChI=1S/C20H22F3N5O/c21-20(22,23)19(6-7-19)16-3-1-13(2-4-16)15-11-28(12-15)18(29)27-8-5-14(10-27)17-9-24-26-25-17/h1-4,9,14-15H,5-8,10-12H2,(H,24,25,26). The van der Waals surface area contributed by atoms with Gasteiger partial charge in [-0.3, -0.25) is 0 Å². The van der Waals surface area contributed by atoms with Gasteiger partial charge in [-0.15, -0.1) is 0 Å². The number of H-pyrrole nitrogens is 1. The Labute approximate surface area is 166 Å². The van der Waals surface area contributed by atoms with Crippen LogP contribution in [0.4, 0.5) is 18.0 Å². The molecule has 3 heterocycles. The van der Waals surface area contributed by atoms with Crippen molar-refractivity contribution in [3.05, 3.63) is 47.3 Å². The summed E-state index contributed by atoms with van der Waals surface area (Å²) in [5, 5.41) is 10.5. The van der Waals surface area contributed by atoms with Crippen molar-refractivity contribution in [3.63, 3.8) is 0 Å². The summed E-state index contributed by atoms with van der Waals surface area (Å²) in [4.78, 5) is 16.4. The Morgan fingerprint density at radius 2 is 1.76 bits per heavy atom. The third-order valence-electron chi connectivity index (χ3n) is 6.69. The molecule has 1 aromatic carbocycles. The summed E-state index contributed by atoms with van der Waals surface area (Å²) < 4.78 is 39.8. The Bertz CT molecular complexity index is 886. The highest BCUT2D eigenvalue weighted by Crippen LogP contribution is 2.58. The Morgan fingerprint density at radius 1 is 1.07 bits per heavy atom. The SMILES string of the molecule is O=C(N1CC(c2ccc(C3(C(F)(F)F)CC3)cc2)C1)N1CCC(c2cn[nH]n2)C1. The molecule has 1 unspecified atom stereocenters. The minimum Gasteiger partial charge on any atom is -0.324 e. The second-order valence-electron chi connectivity index (χ2n) is 8.41. The van der Waals surface area contributed by atoms with Crippen molar-refractivity contribution in [2.24, 2.45) is 0 Å². The molecule has 1 atom stereocenters. The van der Waals surface area contributed by atoms with Crippen LogP contribution in [0.2, 0.25) is 0 Å². The van der Waals surface area contributed by atoms with Crippen molar-refractivity contribution in [2.75, 3.05) is 26.2 Å². The first-order valence-electron chi connectivity index (χ1n) is 9.94. The number of amides is 2. The van der Waals surface area contributed by atoms with Gasteiger partial charge in [-0.05, 0) is 30.4 Å². The first kappa shape index (κ1) is 18.4. The summed E-state index contributed by atoms with van der Waals surface area (Å²) in [6.07, 6.45) is -1.27. The molecule has 0 radical (unpaired) electrons. The zero-order valence-corrected chi connectivity index (χ0v) is 15.8. The molecule has 3 aliphatic rings. The number of rotatable bonds is 3. The average Bonchev–Trinajstić information content (AvgIpc) is 3.08. The quantitative estimate of drug-likeness (QED) is 0.851. The molecule has 0 bridgehead atoms. The number of nitrogens with zero attached hydrogens (tertiary/aromatic N) is 4. The minimum absolute atomic E-state index is 0.0258. The van der Waals surface area contributed by atoms with E-state index in [1.54, 1.807) is 30.5 Å². The van der Waals surface area contributed by atoms with Crippen LogP contribution < -0.4 is 0 Å². The predicted octanol–water partition coefficient (Wildman–Crippen LogP) is 3.41. The van der Waals surface area contributed by atoms with Crippen LogP contribution in [-0.2, 0) is 5.41 Å². The lowest BCUT2D eigenvalue weighted by Crippen LogP contribution is -2.53. The van der Waals surface area contributed by atoms with Gasteiger partial charge in [0.1, 0.15) is 0 Å². The van der Waals surface area contributed by atoms with Gasteiger partial charge in [-0.2, -0.15) is 28.6 Å². The van der Waals surface area contributed by atoms with E-state index in [-0.39, 0.29) is 30.7 Å². The predicted molar refractivity (Wildman–Crippen MR) is 98.4 cm³/mol. The average molecular weight is 405 g/mol. The Balaban J connectivity index is 1.17. The molecule has 2 saturated heterocycles. The summed E-state index contributed by atoms with van der Waals surface area (Å²) in [7, 11) is 0. The van der Waals surface area contributed by atoms with E-state index in [2.05, 4.69) is 15.4 Å². The van der Waals surface area contributed by atoms with Crippen LogP contribution >= 0.6 is 0 Å². The topological polar surface area (TPSA) is 65.1 Å². The number of hydrogen-bond donors (Lipinski definition) is 1. The number of aromatic amines is 1. The van der Waals surface area contributed by atoms with E-state index in [0.717, 1.165) is 17.7 Å². The van der Waals surface area contributed by atoms with Crippen LogP contribution in [0.3, 0.4) is 0 Å². The van der Waals surface area contributed by atoms with E-state index in [9.17, 15) is 18.0 Å². The molecule has 2 amide bonds. The lowest BCUT2D eigenvalue weighted by Gasteiger charge is -2.41. The summed E-state index contributed by atoms with van der Waals surface area (Å²) >= 11 is 0. The number of carbonyl (C=O) groups is 1. The molecule has 3 fully saturated rings. The molecule has 29 heavy (non-hydrogen) atoms. The van der Waals surface area contributed by atoms with Gasteiger partial charge in [0, 0.05) is 38.0 Å². The van der Waals surface area contributed by atoms with Crippen LogP contribution in [0.1, 0.15) is 47.9 Å². The van der Waals surface area contributed by atoms with Crippen LogP contribution in [0.5, 0.6) is 0 Å². The van der Waals surface area contributed by atoms with Crippen molar-refractivity contribution in [1.29, 1.82) is 0 Å². The number of hydrogen-bond acceptors (Lipinski definition) is 3. The molecule has 1 aromatic heterocycles. The maximum absolute atomic E-state index is 13.3. The molecular weight excluding hydrogens is 383 g/mol. The number of alkyl halides is 3. The largest absolute Gasteiger partial charge is 0.398 e. The lowest BCUT2D eigenvalue weighted by atomic mass is 9.88. The third-order valence-corrected chi connectivity index (χ3v) is 6.69. The van der Waals surface area contributed by atoms with Crippen LogP contribution in [0.15, 0.2) is 30.5 Å². The van der Waals surface area contributed by atoms with E-state index in [0.29, 0.717) is 31.7 Å². The fourth-order valence-corrected chi connectivity index (χ4v) is 4.56. The second kappa shape index (κ2) is 6.47. The third kappa shape index (κ3) is 3.07. The Kier molecular flexibility index (Phi) is 4.11. The highest BCUT2D eigenvalue weighted by molar-refractivity contribution is 5.76. The van der Waals surface area contributed by atoms with Gasteiger partial charge in [-0.1, -0.05) is 24.3 Å². The zero-order chi connectivity index (χ0) is 20.2. The number of carbonyl (C=O) groups excluding carboxylic acids is 1. The van der Waals surface area contributed by atoms with E-state index in [4.69, 9.17) is 0 Å². The van der Waals surface area contributed by atoms with Gasteiger partial charge in [-0.25, -0.2) is 4.79 Å². The van der Waals surface area contributed by atoms with E-state index in [1.807, 2.05) is 9.80 Å². The number of halogens is 3. The zero-order valence-electron chi connectivity index (χ0n) is 15.8. The van der Waals surface area contributed by atoms with Crippen molar-refractivity contribution >= 4 is 6.03 Å². The first-order chi connectivity index (χ1) is 13.9. The highest BCUT2D eigenvalue weighted by Gasteiger charge is 2.64. The highest BCUT2D eigenvalue weighted by atomic mass is 19.4. The first-order valence-corrected chi connectivity index (χ1v) is 9.94. The fraction of sp³-hybridized carbons (Fsp3) is 0.550. The maximum atomic E-state index is 13.3. The van der Waals surface area contributed by atoms with Crippen molar-refractivity contribution < 1.29 is 18.0 Å². The van der Waals surface area contributed by atoms with Crippen LogP contribution in [-0.4, -0.2) is 63.6 Å². The number of aromatic nitrogens is 3. The van der Waals surface area contributed by atoms with Crippen molar-refractivity contribution in [3.8, 4) is 0 Å². The molecule has 0 spiro atoms. The van der Waals surface area contributed by atoms with E-state index >= 15 is 0 Å². The number of nitrogens with one attached hydrogen (secondary N) is 1. The molecule has 154 valence electrons. The van der Waals surface area contributed by atoms with Gasteiger partial charge in [0.15, 0.2) is 0 Å². The Hall–Kier alpha value is -2.58. The summed E-state index contributed by atoms with van der Waals surface area (Å²) in [5.41, 5.74) is 0.604. The van der Waals surface area contributed by atoms with Gasteiger partial charge in [0.2, 0.25) is 0 Å². The van der Waals surface area contributed by atoms with Gasteiger partial charge < -0.3 is 9.80 Å². The number of benzene rings is 1. The minimum atomic E-state index is -4.19. The Morgan fingerprint density at radius 3 is 2.34 bits per heavy atom. The van der Waals surface area contributed by atoms with Crippen LogP contribution in [0, 0.1) is 0 Å². The molecule has 1 N–H and O–H groups in total. The smallest absolute Gasteiger partial charge is 0.324 e. The normalized spacial score (nSPS) is 23.9. The molecule has 9 heteroatoms. The molecular formula is C20H22F3N5O. The second-order valence-corrected chi connectivity index (χ2v) is 8.41. The summed E-state index contributed by atoms with van der Waals surface area (Å²) in [6, 6.07) is 6.85. The summed E-state index contributed by atoms with van der Waals surface area (Å²) in [6.45, 7) is 2.55. The molecule has 2 aromatic rings. The molecule has 6 nitrogen and oxygen atoms in total. The van der Waals surface area contributed by atoms with Gasteiger partial charge >= 0.3 is 12.2 Å². The van der Waals surface area contributed by atoms with Gasteiger partial charge in [0.25, 0.3) is 0 Å². The maximum Gasteiger partial charge on any atom is 0.398 e. The fourth-order valence-electron chi connectivity index (χ4n) is 4.56. The summed E-state index contributed by atoms with van der Waals surface area (Å²) in [5.74, 6) is 0.397. The molecule has 5 rings (SSSR count). The van der Waals surface area contributed by atoms with Crippen LogP contribution in [0.25, 0.3) is 0 Å². The van der Waals surface area contributed by atoms with E-state index < -0.39 is 11.6 Å². The molecule has 1 saturated carbocycles. The lowest BCUT2D eigenvalue weighted by molar-refractivity contribution is -0.160. The van der Waals surface area contributed by atoms with Crippen molar-refractivity contribution in [2.45, 2.75) is 42.7 Å². The number of urea groups is 1. The molecule has 1 aliphatic carbocycles.